The van der Waals surface area contributed by atoms with Crippen molar-refractivity contribution in [1.29, 1.82) is 0 Å². The van der Waals surface area contributed by atoms with Gasteiger partial charge in [0.1, 0.15) is 46.4 Å². The molecule has 298 valence electrons. The van der Waals surface area contributed by atoms with Crippen molar-refractivity contribution in [2.75, 3.05) is 7.11 Å². The molecule has 0 radical (unpaired) electrons. The summed E-state index contributed by atoms with van der Waals surface area (Å²) in [4.78, 5) is 0. The van der Waals surface area contributed by atoms with Crippen molar-refractivity contribution < 1.29 is 32.3 Å². The number of phenolic OH excluding ortho intramolecular Hbond substituents is 1. The van der Waals surface area contributed by atoms with Gasteiger partial charge in [0.05, 0.1) is 7.11 Å². The molecule has 6 aromatic rings. The zero-order valence-electron chi connectivity index (χ0n) is 34.4. The van der Waals surface area contributed by atoms with Crippen LogP contribution >= 0.6 is 0 Å². The van der Waals surface area contributed by atoms with E-state index in [1.165, 1.54) is 33.2 Å². The molecule has 0 saturated heterocycles. The standard InChI is InChI=1S/C49H52O7Si2/c1-8-30-49(31-9-2)44-13-11-10-12-41(44)46-40-27-26-39(51-3)32-43(40)48-42(47(46)49)28-29-45(53-48)33-14-18-35(19-15-33)52-36-22-24-38(25-23-36)55-58(6,7)56-57(4,5)54-37-20-16-34(50)17-21-37/h10-29,32,45,50H,8-9,30-31H2,1-7H3. The van der Waals surface area contributed by atoms with Gasteiger partial charge >= 0.3 is 17.1 Å². The molecule has 1 N–H and O–H groups in total. The largest absolute Gasteiger partial charge is 0.521 e. The number of rotatable bonds is 14. The van der Waals surface area contributed by atoms with Crippen molar-refractivity contribution in [3.8, 4) is 51.4 Å². The highest BCUT2D eigenvalue weighted by atomic mass is 28.5. The Bertz CT molecular complexity index is 2450. The van der Waals surface area contributed by atoms with Crippen LogP contribution in [0, 0.1) is 0 Å². The van der Waals surface area contributed by atoms with E-state index in [9.17, 15) is 5.11 Å². The van der Waals surface area contributed by atoms with Crippen molar-refractivity contribution in [1.82, 2.24) is 0 Å². The number of hydrogen-bond acceptors (Lipinski definition) is 7. The van der Waals surface area contributed by atoms with Gasteiger partial charge in [-0.1, -0.05) is 69.2 Å². The van der Waals surface area contributed by atoms with E-state index >= 15 is 0 Å². The van der Waals surface area contributed by atoms with E-state index < -0.39 is 17.1 Å². The van der Waals surface area contributed by atoms with E-state index in [0.29, 0.717) is 17.2 Å². The van der Waals surface area contributed by atoms with Crippen molar-refractivity contribution in [3.63, 3.8) is 0 Å². The number of fused-ring (bicyclic) bond motifs is 8. The third kappa shape index (κ3) is 7.62. The third-order valence-corrected chi connectivity index (χ3v) is 16.4. The van der Waals surface area contributed by atoms with Gasteiger partial charge < -0.3 is 32.3 Å². The minimum Gasteiger partial charge on any atom is -0.521 e. The van der Waals surface area contributed by atoms with Crippen LogP contribution < -0.4 is 23.1 Å². The number of aromatic hydroxyl groups is 1. The normalized spacial score (nSPS) is 15.3. The SMILES string of the molecule is CCCC1(CCC)c2ccccc2-c2c1c1c(c3cc(OC)ccc23)OC(c2ccc(Oc3ccc(O[Si](C)(C)O[Si](C)(C)Oc4ccc(O)cc4)cc3)cc2)C=C1. The van der Waals surface area contributed by atoms with Crippen LogP contribution in [-0.4, -0.2) is 29.3 Å². The quantitative estimate of drug-likeness (QED) is 0.110. The molecular formula is C49H52O7Si2. The first-order valence-corrected chi connectivity index (χ1v) is 25.9. The fourth-order valence-corrected chi connectivity index (χ4v) is 15.6. The van der Waals surface area contributed by atoms with Gasteiger partial charge in [0.15, 0.2) is 0 Å². The van der Waals surface area contributed by atoms with Gasteiger partial charge in [-0.25, -0.2) is 0 Å². The monoisotopic (exact) mass is 808 g/mol. The molecule has 0 aromatic heterocycles. The van der Waals surface area contributed by atoms with Crippen molar-refractivity contribution in [3.05, 3.63) is 144 Å². The zero-order valence-corrected chi connectivity index (χ0v) is 36.4. The average molecular weight is 809 g/mol. The van der Waals surface area contributed by atoms with Crippen molar-refractivity contribution in [2.24, 2.45) is 0 Å². The van der Waals surface area contributed by atoms with E-state index in [1.54, 1.807) is 31.4 Å². The fraction of sp³-hybridized carbons (Fsp3) is 0.265. The Hall–Kier alpha value is -5.49. The van der Waals surface area contributed by atoms with E-state index in [1.807, 2.05) is 62.6 Å². The second kappa shape index (κ2) is 15.7. The summed E-state index contributed by atoms with van der Waals surface area (Å²) in [7, 11) is -3.47. The van der Waals surface area contributed by atoms with Gasteiger partial charge in [0.25, 0.3) is 0 Å². The fourth-order valence-electron chi connectivity index (χ4n) is 9.08. The summed E-state index contributed by atoms with van der Waals surface area (Å²) in [6.45, 7) is 12.6. The van der Waals surface area contributed by atoms with E-state index in [4.69, 9.17) is 27.2 Å². The summed E-state index contributed by atoms with van der Waals surface area (Å²) in [5.41, 5.74) is 7.66. The van der Waals surface area contributed by atoms with Crippen LogP contribution in [0.15, 0.2) is 121 Å². The number of methoxy groups -OCH3 is 1. The first kappa shape index (κ1) is 39.3. The molecule has 9 heteroatoms. The summed E-state index contributed by atoms with van der Waals surface area (Å²) < 4.78 is 38.1. The first-order valence-electron chi connectivity index (χ1n) is 20.3. The Kier molecular flexibility index (Phi) is 10.6. The van der Waals surface area contributed by atoms with Crippen LogP contribution in [-0.2, 0) is 9.53 Å². The van der Waals surface area contributed by atoms with E-state index in [0.717, 1.165) is 53.9 Å². The molecule has 1 unspecified atom stereocenters. The Labute approximate surface area is 344 Å². The summed E-state index contributed by atoms with van der Waals surface area (Å²) in [5, 5.41) is 11.9. The summed E-state index contributed by atoms with van der Waals surface area (Å²) in [6.07, 6.45) is 8.59. The lowest BCUT2D eigenvalue weighted by atomic mass is 9.69. The maximum atomic E-state index is 9.61. The van der Waals surface area contributed by atoms with Crippen LogP contribution in [0.5, 0.6) is 40.2 Å². The van der Waals surface area contributed by atoms with Crippen LogP contribution in [0.3, 0.4) is 0 Å². The molecular weight excluding hydrogens is 757 g/mol. The molecule has 8 rings (SSSR count). The van der Waals surface area contributed by atoms with Crippen molar-refractivity contribution >= 4 is 34.0 Å². The molecule has 6 aromatic carbocycles. The molecule has 58 heavy (non-hydrogen) atoms. The molecule has 1 heterocycles. The first-order chi connectivity index (χ1) is 27.9. The maximum Gasteiger partial charge on any atom is 0.384 e. The Balaban J connectivity index is 1.01. The second-order valence-corrected chi connectivity index (χ2v) is 23.0. The summed E-state index contributed by atoms with van der Waals surface area (Å²) in [5.74, 6) is 4.71. The molecule has 1 aliphatic heterocycles. The number of hydrogen-bond donors (Lipinski definition) is 1. The molecule has 1 atom stereocenters. The minimum atomic E-state index is -2.61. The third-order valence-electron chi connectivity index (χ3n) is 11.1. The van der Waals surface area contributed by atoms with Gasteiger partial charge in [-0.05, 0) is 157 Å². The molecule has 0 spiro atoms. The van der Waals surface area contributed by atoms with Gasteiger partial charge in [-0.3, -0.25) is 0 Å². The highest BCUT2D eigenvalue weighted by Gasteiger charge is 2.46. The molecule has 1 aliphatic carbocycles. The minimum absolute atomic E-state index is 0.0771. The van der Waals surface area contributed by atoms with Crippen LogP contribution in [0.2, 0.25) is 26.2 Å². The maximum absolute atomic E-state index is 9.61. The highest BCUT2D eigenvalue weighted by Crippen LogP contribution is 2.60. The summed E-state index contributed by atoms with van der Waals surface area (Å²) >= 11 is 0. The molecule has 0 saturated carbocycles. The highest BCUT2D eigenvalue weighted by molar-refractivity contribution is 6.79. The smallest absolute Gasteiger partial charge is 0.384 e. The zero-order chi connectivity index (χ0) is 40.7. The molecule has 0 amide bonds. The van der Waals surface area contributed by atoms with Gasteiger partial charge in [-0.15, -0.1) is 0 Å². The molecule has 2 aliphatic rings. The molecule has 0 fully saturated rings. The number of ether oxygens (including phenoxy) is 3. The lowest BCUT2D eigenvalue weighted by molar-refractivity contribution is 0.254. The van der Waals surface area contributed by atoms with E-state index in [-0.39, 0.29) is 17.3 Å². The predicted octanol–water partition coefficient (Wildman–Crippen LogP) is 13.2. The van der Waals surface area contributed by atoms with Gasteiger partial charge in [-0.2, -0.15) is 0 Å². The summed E-state index contributed by atoms with van der Waals surface area (Å²) in [6, 6.07) is 37.9. The molecule has 7 nitrogen and oxygen atoms in total. The topological polar surface area (TPSA) is 75.6 Å². The van der Waals surface area contributed by atoms with Crippen LogP contribution in [0.1, 0.15) is 67.9 Å². The van der Waals surface area contributed by atoms with Crippen LogP contribution in [0.25, 0.3) is 28.0 Å². The van der Waals surface area contributed by atoms with Gasteiger partial charge in [0.2, 0.25) is 0 Å². The molecule has 0 bridgehead atoms. The Morgan fingerprint density at radius 1 is 0.672 bits per heavy atom. The second-order valence-electron chi connectivity index (χ2n) is 16.2. The Morgan fingerprint density at radius 3 is 1.86 bits per heavy atom. The van der Waals surface area contributed by atoms with Crippen LogP contribution in [0.4, 0.5) is 0 Å². The Morgan fingerprint density at radius 2 is 1.24 bits per heavy atom. The predicted molar refractivity (Wildman–Crippen MR) is 237 cm³/mol. The van der Waals surface area contributed by atoms with E-state index in [2.05, 4.69) is 80.6 Å². The number of benzene rings is 6. The lowest BCUT2D eigenvalue weighted by Gasteiger charge is -2.35. The lowest BCUT2D eigenvalue weighted by Crippen LogP contribution is -2.52. The number of phenols is 1. The average Bonchev–Trinajstić information content (AvgIpc) is 3.49. The van der Waals surface area contributed by atoms with Crippen molar-refractivity contribution in [2.45, 2.75) is 77.2 Å². The van der Waals surface area contributed by atoms with Gasteiger partial charge in [0, 0.05) is 16.4 Å².